The fourth-order valence-corrected chi connectivity index (χ4v) is 3.34. The number of carbonyl (C=O) groups excluding carboxylic acids is 2. The maximum atomic E-state index is 12.6. The highest BCUT2D eigenvalue weighted by Crippen LogP contribution is 2.12. The molecule has 0 unspecified atom stereocenters. The van der Waals surface area contributed by atoms with Gasteiger partial charge in [0, 0.05) is 18.8 Å². The summed E-state index contributed by atoms with van der Waals surface area (Å²) in [5.74, 6) is 0.392. The fourth-order valence-electron chi connectivity index (χ4n) is 2.62. The van der Waals surface area contributed by atoms with Crippen LogP contribution in [-0.4, -0.2) is 34.8 Å². The van der Waals surface area contributed by atoms with E-state index in [-0.39, 0.29) is 23.3 Å². The van der Waals surface area contributed by atoms with Crippen LogP contribution >= 0.6 is 11.8 Å². The van der Waals surface area contributed by atoms with E-state index in [1.165, 1.54) is 11.8 Å². The Labute approximate surface area is 170 Å². The molecule has 0 saturated heterocycles. The van der Waals surface area contributed by atoms with Crippen LogP contribution in [0.2, 0.25) is 0 Å². The molecule has 0 aromatic heterocycles. The van der Waals surface area contributed by atoms with Crippen molar-refractivity contribution < 1.29 is 9.59 Å². The Balaban J connectivity index is 1.81. The van der Waals surface area contributed by atoms with Crippen molar-refractivity contribution in [2.45, 2.75) is 26.8 Å². The number of nitriles is 1. The largest absolute Gasteiger partial charge is 0.338 e. The van der Waals surface area contributed by atoms with Gasteiger partial charge in [-0.25, -0.2) is 0 Å². The Morgan fingerprint density at radius 3 is 2.36 bits per heavy atom. The second-order valence-corrected chi connectivity index (χ2v) is 7.52. The molecule has 0 fully saturated rings. The van der Waals surface area contributed by atoms with Gasteiger partial charge in [-0.05, 0) is 43.2 Å². The maximum absolute atomic E-state index is 12.6. The molecule has 28 heavy (non-hydrogen) atoms. The molecule has 0 aliphatic carbocycles. The number of carbonyl (C=O) groups is 2. The van der Waals surface area contributed by atoms with E-state index in [0.717, 1.165) is 23.2 Å². The summed E-state index contributed by atoms with van der Waals surface area (Å²) in [5.41, 5.74) is 3.49. The Hall–Kier alpha value is -2.78. The minimum absolute atomic E-state index is 0.0133. The van der Waals surface area contributed by atoms with E-state index in [0.29, 0.717) is 18.7 Å². The van der Waals surface area contributed by atoms with E-state index in [9.17, 15) is 9.59 Å². The molecule has 2 rings (SSSR count). The Morgan fingerprint density at radius 2 is 1.75 bits per heavy atom. The lowest BCUT2D eigenvalue weighted by atomic mass is 10.1. The molecule has 0 radical (unpaired) electrons. The molecule has 0 atom stereocenters. The molecule has 0 spiro atoms. The van der Waals surface area contributed by atoms with Crippen LogP contribution in [0.4, 0.5) is 5.69 Å². The van der Waals surface area contributed by atoms with Gasteiger partial charge in [0.1, 0.15) is 0 Å². The van der Waals surface area contributed by atoms with Gasteiger partial charge in [0.05, 0.1) is 23.1 Å². The molecular formula is C22H25N3O2S. The summed E-state index contributed by atoms with van der Waals surface area (Å²) in [4.78, 5) is 26.4. The van der Waals surface area contributed by atoms with Gasteiger partial charge in [-0.2, -0.15) is 5.26 Å². The molecule has 146 valence electrons. The van der Waals surface area contributed by atoms with Crippen LogP contribution in [0.15, 0.2) is 48.5 Å². The number of rotatable bonds is 9. The van der Waals surface area contributed by atoms with Gasteiger partial charge in [0.2, 0.25) is 11.8 Å². The van der Waals surface area contributed by atoms with Crippen LogP contribution in [0.3, 0.4) is 0 Å². The maximum Gasteiger partial charge on any atom is 0.234 e. The predicted molar refractivity (Wildman–Crippen MR) is 114 cm³/mol. The van der Waals surface area contributed by atoms with Crippen molar-refractivity contribution in [2.75, 3.05) is 23.4 Å². The van der Waals surface area contributed by atoms with Crippen LogP contribution in [0.25, 0.3) is 0 Å². The third kappa shape index (κ3) is 7.09. The quantitative estimate of drug-likeness (QED) is 0.697. The van der Waals surface area contributed by atoms with Crippen LogP contribution in [0.5, 0.6) is 0 Å². The predicted octanol–water partition coefficient (Wildman–Crippen LogP) is 3.98. The standard InChI is InChI=1S/C22H25N3O2S/c1-3-12-25(14-19-8-6-18(13-23)7-9-19)22(27)16-28-15-21(26)24-20-10-4-17(2)5-11-20/h4-11H,3,12,14-16H2,1-2H3,(H,24,26). The van der Waals surface area contributed by atoms with Crippen molar-refractivity contribution in [1.82, 2.24) is 4.90 Å². The summed E-state index contributed by atoms with van der Waals surface area (Å²) in [6.07, 6.45) is 0.862. The zero-order valence-electron chi connectivity index (χ0n) is 16.3. The van der Waals surface area contributed by atoms with Gasteiger partial charge >= 0.3 is 0 Å². The van der Waals surface area contributed by atoms with Gasteiger partial charge in [-0.3, -0.25) is 9.59 Å². The van der Waals surface area contributed by atoms with Crippen molar-refractivity contribution >= 4 is 29.3 Å². The molecule has 1 N–H and O–H groups in total. The molecule has 0 saturated carbocycles. The second kappa shape index (κ2) is 11.2. The van der Waals surface area contributed by atoms with Gasteiger partial charge in [-0.15, -0.1) is 11.8 Å². The molecule has 6 heteroatoms. The molecular weight excluding hydrogens is 370 g/mol. The molecule has 0 aliphatic heterocycles. The topological polar surface area (TPSA) is 73.2 Å². The van der Waals surface area contributed by atoms with Gasteiger partial charge in [-0.1, -0.05) is 36.8 Å². The number of benzene rings is 2. The zero-order valence-corrected chi connectivity index (χ0v) is 17.1. The third-order valence-electron chi connectivity index (χ3n) is 4.10. The Morgan fingerprint density at radius 1 is 1.07 bits per heavy atom. The summed E-state index contributed by atoms with van der Waals surface area (Å²) in [6, 6.07) is 17.0. The third-order valence-corrected chi connectivity index (χ3v) is 5.01. The average molecular weight is 396 g/mol. The lowest BCUT2D eigenvalue weighted by molar-refractivity contribution is -0.129. The van der Waals surface area contributed by atoms with Gasteiger partial charge in [0.15, 0.2) is 0 Å². The minimum atomic E-state index is -0.115. The molecule has 0 heterocycles. The fraction of sp³-hybridized carbons (Fsp3) is 0.318. The van der Waals surface area contributed by atoms with E-state index < -0.39 is 0 Å². The van der Waals surface area contributed by atoms with E-state index in [2.05, 4.69) is 11.4 Å². The van der Waals surface area contributed by atoms with Crippen molar-refractivity contribution in [3.8, 4) is 6.07 Å². The molecule has 0 bridgehead atoms. The highest BCUT2D eigenvalue weighted by Gasteiger charge is 2.14. The number of anilines is 1. The molecule has 2 aromatic rings. The van der Waals surface area contributed by atoms with Crippen LogP contribution in [-0.2, 0) is 16.1 Å². The molecule has 5 nitrogen and oxygen atoms in total. The van der Waals surface area contributed by atoms with Crippen LogP contribution in [0, 0.1) is 18.3 Å². The van der Waals surface area contributed by atoms with E-state index in [1.54, 1.807) is 17.0 Å². The summed E-state index contributed by atoms with van der Waals surface area (Å²) < 4.78 is 0. The molecule has 2 aromatic carbocycles. The first-order chi connectivity index (χ1) is 13.5. The number of hydrogen-bond donors (Lipinski definition) is 1. The normalized spacial score (nSPS) is 10.2. The Kier molecular flexibility index (Phi) is 8.57. The first-order valence-electron chi connectivity index (χ1n) is 9.23. The number of amides is 2. The Bertz CT molecular complexity index is 826. The smallest absolute Gasteiger partial charge is 0.234 e. The SMILES string of the molecule is CCCN(Cc1ccc(C#N)cc1)C(=O)CSCC(=O)Nc1ccc(C)cc1. The number of nitrogens with zero attached hydrogens (tertiary/aromatic N) is 2. The summed E-state index contributed by atoms with van der Waals surface area (Å²) >= 11 is 1.32. The van der Waals surface area contributed by atoms with Crippen LogP contribution in [0.1, 0.15) is 30.0 Å². The van der Waals surface area contributed by atoms with Crippen molar-refractivity contribution in [3.63, 3.8) is 0 Å². The number of thioether (sulfide) groups is 1. The first-order valence-corrected chi connectivity index (χ1v) is 10.4. The molecule has 2 amide bonds. The summed E-state index contributed by atoms with van der Waals surface area (Å²) in [6.45, 7) is 5.19. The number of nitrogens with one attached hydrogen (secondary N) is 1. The van der Waals surface area contributed by atoms with E-state index in [4.69, 9.17) is 5.26 Å². The zero-order chi connectivity index (χ0) is 20.4. The summed E-state index contributed by atoms with van der Waals surface area (Å²) in [7, 11) is 0. The number of hydrogen-bond acceptors (Lipinski definition) is 4. The average Bonchev–Trinajstić information content (AvgIpc) is 2.70. The monoisotopic (exact) mass is 395 g/mol. The van der Waals surface area contributed by atoms with Crippen molar-refractivity contribution in [2.24, 2.45) is 0 Å². The minimum Gasteiger partial charge on any atom is -0.338 e. The highest BCUT2D eigenvalue weighted by molar-refractivity contribution is 8.00. The summed E-state index contributed by atoms with van der Waals surface area (Å²) in [5, 5.41) is 11.7. The first kappa shape index (κ1) is 21.5. The van der Waals surface area contributed by atoms with Gasteiger partial charge in [0.25, 0.3) is 0 Å². The highest BCUT2D eigenvalue weighted by atomic mass is 32.2. The van der Waals surface area contributed by atoms with Crippen LogP contribution < -0.4 is 5.32 Å². The lowest BCUT2D eigenvalue weighted by Crippen LogP contribution is -2.33. The van der Waals surface area contributed by atoms with E-state index >= 15 is 0 Å². The van der Waals surface area contributed by atoms with Crippen molar-refractivity contribution in [3.05, 3.63) is 65.2 Å². The molecule has 0 aliphatic rings. The number of aryl methyl sites for hydroxylation is 1. The van der Waals surface area contributed by atoms with Crippen molar-refractivity contribution in [1.29, 1.82) is 5.26 Å². The van der Waals surface area contributed by atoms with E-state index in [1.807, 2.05) is 50.2 Å². The van der Waals surface area contributed by atoms with Gasteiger partial charge < -0.3 is 10.2 Å². The second-order valence-electron chi connectivity index (χ2n) is 6.53. The lowest BCUT2D eigenvalue weighted by Gasteiger charge is -2.22.